The lowest BCUT2D eigenvalue weighted by atomic mass is 10.0. The van der Waals surface area contributed by atoms with Gasteiger partial charge in [-0.05, 0) is 46.7 Å². The molecule has 0 radical (unpaired) electrons. The third kappa shape index (κ3) is 24.1. The number of hydrogen-bond acceptors (Lipinski definition) is 7. The molecule has 0 aromatic heterocycles. The fourth-order valence-electron chi connectivity index (χ4n) is 5.72. The summed E-state index contributed by atoms with van der Waals surface area (Å²) >= 11 is 0. The van der Waals surface area contributed by atoms with E-state index in [9.17, 15) is 15.3 Å². The minimum absolute atomic E-state index is 0.0344. The molecule has 7 heteroatoms. The Morgan fingerprint density at radius 1 is 0.500 bits per heavy atom. The molecular weight excluding hydrogens is 528 g/mol. The van der Waals surface area contributed by atoms with Gasteiger partial charge in [-0.2, -0.15) is 0 Å². The van der Waals surface area contributed by atoms with Gasteiger partial charge in [-0.25, -0.2) is 0 Å². The highest BCUT2D eigenvalue weighted by Crippen LogP contribution is 2.17. The molecule has 4 unspecified atom stereocenters. The second kappa shape index (κ2) is 30.7. The van der Waals surface area contributed by atoms with Crippen LogP contribution in [0, 0.1) is 0 Å². The molecule has 0 aromatic carbocycles. The van der Waals surface area contributed by atoms with Crippen molar-refractivity contribution in [1.29, 1.82) is 0 Å². The smallest absolute Gasteiger partial charge is 0.180 e. The van der Waals surface area contributed by atoms with Crippen LogP contribution in [0.25, 0.3) is 0 Å². The number of aliphatic hydroxyl groups is 3. The van der Waals surface area contributed by atoms with Gasteiger partial charge in [-0.15, -0.1) is 0 Å². The lowest BCUT2D eigenvalue weighted by Gasteiger charge is -2.28. The van der Waals surface area contributed by atoms with Crippen LogP contribution in [0.4, 0.5) is 0 Å². The zero-order valence-corrected chi connectivity index (χ0v) is 28.7. The number of unbranched alkanes of at least 4 members (excludes halogenated alkanes) is 16. The molecule has 0 saturated carbocycles. The van der Waals surface area contributed by atoms with Crippen molar-refractivity contribution in [1.82, 2.24) is 9.80 Å². The maximum atomic E-state index is 10.5. The molecule has 0 fully saturated rings. The largest absolute Gasteiger partial charge is 0.381 e. The number of rotatable bonds is 33. The molecule has 0 saturated heterocycles. The van der Waals surface area contributed by atoms with Gasteiger partial charge in [0.25, 0.3) is 0 Å². The first kappa shape index (κ1) is 41.7. The van der Waals surface area contributed by atoms with Gasteiger partial charge in [0.2, 0.25) is 0 Å². The van der Waals surface area contributed by atoms with Crippen LogP contribution in [0.15, 0.2) is 0 Å². The van der Waals surface area contributed by atoms with E-state index in [-0.39, 0.29) is 25.5 Å². The fourth-order valence-corrected chi connectivity index (χ4v) is 5.72. The van der Waals surface area contributed by atoms with Gasteiger partial charge in [0, 0.05) is 18.7 Å². The van der Waals surface area contributed by atoms with E-state index in [2.05, 4.69) is 13.8 Å². The summed E-state index contributed by atoms with van der Waals surface area (Å²) in [5.41, 5.74) is 0. The van der Waals surface area contributed by atoms with Crippen LogP contribution in [0.2, 0.25) is 0 Å². The molecule has 0 aliphatic carbocycles. The van der Waals surface area contributed by atoms with Crippen molar-refractivity contribution >= 4 is 0 Å². The Bertz CT molecular complexity index is 496. The molecule has 0 bridgehead atoms. The topological polar surface area (TPSA) is 85.6 Å². The van der Waals surface area contributed by atoms with E-state index in [1.807, 2.05) is 30.8 Å². The Balaban J connectivity index is 4.18. The molecule has 42 heavy (non-hydrogen) atoms. The summed E-state index contributed by atoms with van der Waals surface area (Å²) in [5, 5.41) is 29.9. The molecule has 0 aliphatic heterocycles. The highest BCUT2D eigenvalue weighted by atomic mass is 16.6. The van der Waals surface area contributed by atoms with Crippen molar-refractivity contribution in [2.75, 3.05) is 40.8 Å². The third-order valence-electron chi connectivity index (χ3n) is 8.95. The molecular formula is C35H74N2O5. The summed E-state index contributed by atoms with van der Waals surface area (Å²) < 4.78 is 11.7. The van der Waals surface area contributed by atoms with Crippen molar-refractivity contribution in [3.8, 4) is 0 Å². The van der Waals surface area contributed by atoms with Crippen LogP contribution >= 0.6 is 0 Å². The summed E-state index contributed by atoms with van der Waals surface area (Å²) in [7, 11) is 3.92. The van der Waals surface area contributed by atoms with Crippen LogP contribution in [0.1, 0.15) is 162 Å². The van der Waals surface area contributed by atoms with Gasteiger partial charge in [0.1, 0.15) is 6.10 Å². The normalized spacial score (nSPS) is 15.0. The average molecular weight is 603 g/mol. The summed E-state index contributed by atoms with van der Waals surface area (Å²) in [6, 6.07) is 0.527. The standard InChI is InChI=1S/C35H74N2O5/c1-6-8-10-12-14-16-18-20-22-24-33(36(4)30-38)26-28-41-32(3)35(40)42-29-27-34(37(5)31-39)25-23-21-19-17-15-13-11-9-7-2/h32-35,38-40H,6-31H2,1-5H3. The second-order valence-corrected chi connectivity index (χ2v) is 12.8. The van der Waals surface area contributed by atoms with Crippen molar-refractivity contribution in [3.05, 3.63) is 0 Å². The predicted octanol–water partition coefficient (Wildman–Crippen LogP) is 7.85. The van der Waals surface area contributed by atoms with Gasteiger partial charge in [0.15, 0.2) is 6.29 Å². The van der Waals surface area contributed by atoms with E-state index in [1.54, 1.807) is 0 Å². The van der Waals surface area contributed by atoms with E-state index in [4.69, 9.17) is 9.47 Å². The van der Waals surface area contributed by atoms with Gasteiger partial charge in [-0.1, -0.05) is 129 Å². The van der Waals surface area contributed by atoms with E-state index < -0.39 is 12.4 Å². The van der Waals surface area contributed by atoms with Crippen LogP contribution in [0.5, 0.6) is 0 Å². The van der Waals surface area contributed by atoms with Crippen molar-refractivity contribution in [2.24, 2.45) is 0 Å². The zero-order valence-electron chi connectivity index (χ0n) is 28.7. The zero-order chi connectivity index (χ0) is 31.3. The van der Waals surface area contributed by atoms with Crippen molar-refractivity contribution < 1.29 is 24.8 Å². The van der Waals surface area contributed by atoms with Gasteiger partial charge < -0.3 is 24.8 Å². The molecule has 0 rings (SSSR count). The SMILES string of the molecule is CCCCCCCCCCCC(CCOC(C)C(O)OCCC(CCCCCCCCCCC)N(C)CO)N(C)CO. The predicted molar refractivity (Wildman–Crippen MR) is 178 cm³/mol. The summed E-state index contributed by atoms with van der Waals surface area (Å²) in [4.78, 5) is 3.98. The Morgan fingerprint density at radius 3 is 1.19 bits per heavy atom. The molecule has 4 atom stereocenters. The Hall–Kier alpha value is -0.280. The van der Waals surface area contributed by atoms with E-state index in [0.29, 0.717) is 13.2 Å². The minimum atomic E-state index is -0.968. The number of nitrogens with zero attached hydrogens (tertiary/aromatic N) is 2. The lowest BCUT2D eigenvalue weighted by molar-refractivity contribution is -0.176. The first-order valence-electron chi connectivity index (χ1n) is 17.9. The van der Waals surface area contributed by atoms with Gasteiger partial charge in [-0.3, -0.25) is 9.80 Å². The monoisotopic (exact) mass is 603 g/mol. The molecule has 0 aromatic rings. The molecule has 7 nitrogen and oxygen atoms in total. The highest BCUT2D eigenvalue weighted by Gasteiger charge is 2.20. The Morgan fingerprint density at radius 2 is 0.833 bits per heavy atom. The van der Waals surface area contributed by atoms with Crippen LogP contribution < -0.4 is 0 Å². The summed E-state index contributed by atoms with van der Waals surface area (Å²) in [6.45, 7) is 7.43. The molecule has 0 aliphatic rings. The Labute approximate surface area is 261 Å². The molecule has 0 heterocycles. The van der Waals surface area contributed by atoms with Gasteiger partial charge in [0.05, 0.1) is 20.1 Å². The van der Waals surface area contributed by atoms with Crippen LogP contribution in [-0.2, 0) is 9.47 Å². The summed E-state index contributed by atoms with van der Waals surface area (Å²) in [6.07, 6.45) is 25.9. The number of aliphatic hydroxyl groups excluding tert-OH is 3. The molecule has 254 valence electrons. The Kier molecular flexibility index (Phi) is 30.5. The number of hydrogen-bond donors (Lipinski definition) is 3. The quantitative estimate of drug-likeness (QED) is 0.0521. The molecule has 0 amide bonds. The maximum Gasteiger partial charge on any atom is 0.180 e. The van der Waals surface area contributed by atoms with Crippen LogP contribution in [-0.4, -0.2) is 90.4 Å². The average Bonchev–Trinajstić information content (AvgIpc) is 3.00. The molecule has 3 N–H and O–H groups in total. The first-order valence-corrected chi connectivity index (χ1v) is 17.9. The van der Waals surface area contributed by atoms with Crippen molar-refractivity contribution in [3.63, 3.8) is 0 Å². The first-order chi connectivity index (χ1) is 20.4. The van der Waals surface area contributed by atoms with E-state index in [0.717, 1.165) is 32.1 Å². The molecule has 0 spiro atoms. The third-order valence-corrected chi connectivity index (χ3v) is 8.95. The van der Waals surface area contributed by atoms with Crippen molar-refractivity contribution in [2.45, 2.75) is 187 Å². The van der Waals surface area contributed by atoms with Gasteiger partial charge >= 0.3 is 0 Å². The minimum Gasteiger partial charge on any atom is -0.381 e. The van der Waals surface area contributed by atoms with E-state index in [1.165, 1.54) is 109 Å². The fraction of sp³-hybridized carbons (Fsp3) is 1.00. The second-order valence-electron chi connectivity index (χ2n) is 12.8. The maximum absolute atomic E-state index is 10.5. The summed E-state index contributed by atoms with van der Waals surface area (Å²) in [5.74, 6) is 0. The van der Waals surface area contributed by atoms with E-state index >= 15 is 0 Å². The van der Waals surface area contributed by atoms with Crippen LogP contribution in [0.3, 0.4) is 0 Å². The highest BCUT2D eigenvalue weighted by molar-refractivity contribution is 4.69. The lowest BCUT2D eigenvalue weighted by Crippen LogP contribution is -2.36. The number of ether oxygens (including phenoxy) is 2.